The summed E-state index contributed by atoms with van der Waals surface area (Å²) in [7, 11) is 0. The van der Waals surface area contributed by atoms with Crippen molar-refractivity contribution in [1.82, 2.24) is 10.3 Å². The molecule has 0 aliphatic carbocycles. The summed E-state index contributed by atoms with van der Waals surface area (Å²) in [5, 5.41) is 13.6. The molecule has 1 amide bonds. The van der Waals surface area contributed by atoms with Crippen molar-refractivity contribution in [2.45, 2.75) is 13.0 Å². The Bertz CT molecular complexity index is 1330. The SMILES string of the molecule is N#C/C(=C/c1ccccc1OCc1ccc(I)cc1)C(=O)NCCc1c[nH]c2ccccc12. The smallest absolute Gasteiger partial charge is 0.261 e. The van der Waals surface area contributed by atoms with Crippen LogP contribution in [0, 0.1) is 14.9 Å². The number of ether oxygens (including phenoxy) is 1. The molecule has 0 spiro atoms. The zero-order valence-electron chi connectivity index (χ0n) is 17.8. The van der Waals surface area contributed by atoms with Crippen LogP contribution in [0.5, 0.6) is 5.75 Å². The number of nitrogens with zero attached hydrogens (tertiary/aromatic N) is 1. The number of rotatable bonds is 8. The van der Waals surface area contributed by atoms with Gasteiger partial charge < -0.3 is 15.0 Å². The molecule has 0 saturated heterocycles. The predicted molar refractivity (Wildman–Crippen MR) is 139 cm³/mol. The van der Waals surface area contributed by atoms with E-state index >= 15 is 0 Å². The summed E-state index contributed by atoms with van der Waals surface area (Å²) in [4.78, 5) is 15.9. The van der Waals surface area contributed by atoms with Gasteiger partial charge in [-0.3, -0.25) is 4.79 Å². The van der Waals surface area contributed by atoms with Crippen molar-refractivity contribution in [3.8, 4) is 11.8 Å². The summed E-state index contributed by atoms with van der Waals surface area (Å²) in [6, 6.07) is 25.5. The number of nitrogens with one attached hydrogen (secondary N) is 2. The van der Waals surface area contributed by atoms with Crippen LogP contribution in [-0.2, 0) is 17.8 Å². The summed E-state index contributed by atoms with van der Waals surface area (Å²) in [6.45, 7) is 0.838. The van der Waals surface area contributed by atoms with Crippen molar-refractivity contribution in [3.05, 3.63) is 105 Å². The minimum Gasteiger partial charge on any atom is -0.488 e. The number of para-hydroxylation sites is 2. The van der Waals surface area contributed by atoms with Gasteiger partial charge in [-0.15, -0.1) is 0 Å². The third-order valence-corrected chi connectivity index (χ3v) is 5.97. The molecule has 5 nitrogen and oxygen atoms in total. The van der Waals surface area contributed by atoms with Gasteiger partial charge in [0.05, 0.1) is 0 Å². The Morgan fingerprint density at radius 1 is 1.06 bits per heavy atom. The molecule has 0 aliphatic heterocycles. The summed E-state index contributed by atoms with van der Waals surface area (Å²) in [5.41, 5.74) is 3.97. The normalized spacial score (nSPS) is 11.2. The van der Waals surface area contributed by atoms with Gasteiger partial charge in [-0.25, -0.2) is 0 Å². The number of carbonyl (C=O) groups excluding carboxylic acids is 1. The lowest BCUT2D eigenvalue weighted by Gasteiger charge is -2.10. The number of fused-ring (bicyclic) bond motifs is 1. The van der Waals surface area contributed by atoms with Crippen LogP contribution in [0.25, 0.3) is 17.0 Å². The molecule has 3 aromatic carbocycles. The van der Waals surface area contributed by atoms with Crippen molar-refractivity contribution >= 4 is 45.5 Å². The first kappa shape index (κ1) is 22.6. The number of carbonyl (C=O) groups is 1. The van der Waals surface area contributed by atoms with Crippen molar-refractivity contribution in [1.29, 1.82) is 5.26 Å². The van der Waals surface area contributed by atoms with Crippen LogP contribution in [0.1, 0.15) is 16.7 Å². The van der Waals surface area contributed by atoms with Gasteiger partial charge in [0, 0.05) is 32.8 Å². The molecule has 4 aromatic rings. The minimum absolute atomic E-state index is 0.0410. The molecule has 6 heteroatoms. The highest BCUT2D eigenvalue weighted by Gasteiger charge is 2.11. The van der Waals surface area contributed by atoms with Gasteiger partial charge in [0.1, 0.15) is 24.0 Å². The number of benzene rings is 3. The van der Waals surface area contributed by atoms with Crippen molar-refractivity contribution in [2.24, 2.45) is 0 Å². The van der Waals surface area contributed by atoms with Crippen LogP contribution in [0.4, 0.5) is 0 Å². The van der Waals surface area contributed by atoms with E-state index in [1.165, 1.54) is 0 Å². The molecule has 33 heavy (non-hydrogen) atoms. The Morgan fingerprint density at radius 3 is 2.64 bits per heavy atom. The van der Waals surface area contributed by atoms with Gasteiger partial charge in [0.25, 0.3) is 5.91 Å². The Labute approximate surface area is 206 Å². The summed E-state index contributed by atoms with van der Waals surface area (Å²) in [5.74, 6) is 0.222. The number of aromatic nitrogens is 1. The number of aromatic amines is 1. The van der Waals surface area contributed by atoms with Crippen LogP contribution < -0.4 is 10.1 Å². The fourth-order valence-electron chi connectivity index (χ4n) is 3.52. The second-order valence-electron chi connectivity index (χ2n) is 7.49. The molecule has 0 aliphatic rings. The number of H-pyrrole nitrogens is 1. The first-order valence-electron chi connectivity index (χ1n) is 10.6. The Morgan fingerprint density at radius 2 is 1.82 bits per heavy atom. The van der Waals surface area contributed by atoms with E-state index in [0.717, 1.165) is 25.6 Å². The first-order chi connectivity index (χ1) is 16.1. The van der Waals surface area contributed by atoms with Crippen LogP contribution in [0.15, 0.2) is 84.6 Å². The highest BCUT2D eigenvalue weighted by molar-refractivity contribution is 14.1. The number of hydrogen-bond acceptors (Lipinski definition) is 3. The molecule has 0 radical (unpaired) electrons. The lowest BCUT2D eigenvalue weighted by Crippen LogP contribution is -2.26. The zero-order chi connectivity index (χ0) is 23.0. The van der Waals surface area contributed by atoms with E-state index in [9.17, 15) is 10.1 Å². The maximum absolute atomic E-state index is 12.6. The van der Waals surface area contributed by atoms with Gasteiger partial charge >= 0.3 is 0 Å². The lowest BCUT2D eigenvalue weighted by atomic mass is 10.1. The predicted octanol–water partition coefficient (Wildman–Crippen LogP) is 5.62. The average Bonchev–Trinajstić information content (AvgIpc) is 3.26. The fourth-order valence-corrected chi connectivity index (χ4v) is 3.88. The summed E-state index contributed by atoms with van der Waals surface area (Å²) >= 11 is 2.26. The largest absolute Gasteiger partial charge is 0.488 e. The average molecular weight is 547 g/mol. The van der Waals surface area contributed by atoms with E-state index in [2.05, 4.69) is 39.0 Å². The van der Waals surface area contributed by atoms with E-state index in [1.54, 1.807) is 6.08 Å². The second-order valence-corrected chi connectivity index (χ2v) is 8.73. The van der Waals surface area contributed by atoms with E-state index in [4.69, 9.17) is 4.74 Å². The maximum atomic E-state index is 12.6. The van der Waals surface area contributed by atoms with Crippen molar-refractivity contribution in [3.63, 3.8) is 0 Å². The van der Waals surface area contributed by atoms with E-state index in [1.807, 2.05) is 79.0 Å². The Hall–Kier alpha value is -3.57. The van der Waals surface area contributed by atoms with Crippen LogP contribution in [-0.4, -0.2) is 17.4 Å². The molecule has 0 saturated carbocycles. The molecule has 0 atom stereocenters. The lowest BCUT2D eigenvalue weighted by molar-refractivity contribution is -0.117. The molecule has 0 unspecified atom stereocenters. The van der Waals surface area contributed by atoms with E-state index in [0.29, 0.717) is 30.9 Å². The highest BCUT2D eigenvalue weighted by Crippen LogP contribution is 2.23. The standard InChI is InChI=1S/C27H22IN3O2/c28-23-11-9-19(10-12-23)18-33-26-8-4-1-5-20(26)15-22(16-29)27(32)30-14-13-21-17-31-25-7-3-2-6-24(21)25/h1-12,15,17,31H,13-14,18H2,(H,30,32)/b22-15-. The maximum Gasteiger partial charge on any atom is 0.261 e. The van der Waals surface area contributed by atoms with E-state index < -0.39 is 5.91 Å². The fraction of sp³-hybridized carbons (Fsp3) is 0.111. The molecule has 1 heterocycles. The highest BCUT2D eigenvalue weighted by atomic mass is 127. The Kier molecular flexibility index (Phi) is 7.43. The van der Waals surface area contributed by atoms with Gasteiger partial charge in [0.2, 0.25) is 0 Å². The molecule has 0 fully saturated rings. The molecule has 0 bridgehead atoms. The van der Waals surface area contributed by atoms with Gasteiger partial charge in [-0.2, -0.15) is 5.26 Å². The molecule has 4 rings (SSSR count). The van der Waals surface area contributed by atoms with Gasteiger partial charge in [0.15, 0.2) is 0 Å². The van der Waals surface area contributed by atoms with Crippen molar-refractivity contribution < 1.29 is 9.53 Å². The van der Waals surface area contributed by atoms with Crippen LogP contribution in [0.3, 0.4) is 0 Å². The van der Waals surface area contributed by atoms with Crippen molar-refractivity contribution in [2.75, 3.05) is 6.54 Å². The molecule has 164 valence electrons. The quantitative estimate of drug-likeness (QED) is 0.171. The Balaban J connectivity index is 1.40. The number of nitriles is 1. The third-order valence-electron chi connectivity index (χ3n) is 5.25. The van der Waals surface area contributed by atoms with Gasteiger partial charge in [-0.05, 0) is 70.5 Å². The first-order valence-corrected chi connectivity index (χ1v) is 11.6. The number of halogens is 1. The number of amides is 1. The van der Waals surface area contributed by atoms with Crippen LogP contribution in [0.2, 0.25) is 0 Å². The monoisotopic (exact) mass is 547 g/mol. The van der Waals surface area contributed by atoms with Crippen LogP contribution >= 0.6 is 22.6 Å². The number of hydrogen-bond donors (Lipinski definition) is 2. The van der Waals surface area contributed by atoms with Gasteiger partial charge in [-0.1, -0.05) is 48.5 Å². The topological polar surface area (TPSA) is 77.9 Å². The zero-order valence-corrected chi connectivity index (χ0v) is 20.0. The van der Waals surface area contributed by atoms with E-state index in [-0.39, 0.29) is 5.57 Å². The molecule has 2 N–H and O–H groups in total. The molecular formula is C27H22IN3O2. The molecule has 1 aromatic heterocycles. The minimum atomic E-state index is -0.398. The second kappa shape index (κ2) is 10.8. The summed E-state index contributed by atoms with van der Waals surface area (Å²) in [6.07, 6.45) is 4.20. The molecular weight excluding hydrogens is 525 g/mol. The summed E-state index contributed by atoms with van der Waals surface area (Å²) < 4.78 is 7.13. The third kappa shape index (κ3) is 5.82.